The smallest absolute Gasteiger partial charge is 0.264 e. The van der Waals surface area contributed by atoms with Crippen LogP contribution in [-0.4, -0.2) is 43.8 Å². The molecular weight excluding hydrogens is 553 g/mol. The number of sulfonamides is 1. The fraction of sp³-hybridized carbons (Fsp3) is 0.333. The van der Waals surface area contributed by atoms with Gasteiger partial charge in [-0.3, -0.25) is 13.9 Å². The molecule has 1 atom stereocenters. The lowest BCUT2D eigenvalue weighted by molar-refractivity contribution is -0.139. The molecular formula is C30H33ClFN3O4S. The van der Waals surface area contributed by atoms with E-state index >= 15 is 0 Å². The Bertz CT molecular complexity index is 1460. The molecule has 4 rings (SSSR count). The first kappa shape index (κ1) is 29.6. The lowest BCUT2D eigenvalue weighted by Crippen LogP contribution is -2.52. The first-order chi connectivity index (χ1) is 19.1. The molecule has 2 amide bonds. The van der Waals surface area contributed by atoms with Gasteiger partial charge in [0.1, 0.15) is 18.4 Å². The molecule has 212 valence electrons. The molecule has 0 aliphatic heterocycles. The zero-order chi connectivity index (χ0) is 28.9. The van der Waals surface area contributed by atoms with Crippen molar-refractivity contribution in [1.82, 2.24) is 10.2 Å². The second-order valence-electron chi connectivity index (χ2n) is 10.0. The van der Waals surface area contributed by atoms with Gasteiger partial charge in [-0.2, -0.15) is 0 Å². The van der Waals surface area contributed by atoms with E-state index in [0.717, 1.165) is 47.2 Å². The van der Waals surface area contributed by atoms with E-state index in [9.17, 15) is 22.4 Å². The fourth-order valence-electron chi connectivity index (χ4n) is 4.83. The van der Waals surface area contributed by atoms with Gasteiger partial charge in [0.15, 0.2) is 0 Å². The zero-order valence-electron chi connectivity index (χ0n) is 22.5. The van der Waals surface area contributed by atoms with Gasteiger partial charge in [0.2, 0.25) is 11.8 Å². The van der Waals surface area contributed by atoms with Crippen LogP contribution in [0.5, 0.6) is 0 Å². The third-order valence-corrected chi connectivity index (χ3v) is 9.35. The number of hydrogen-bond acceptors (Lipinski definition) is 4. The average Bonchev–Trinajstić information content (AvgIpc) is 3.46. The first-order valence-corrected chi connectivity index (χ1v) is 15.1. The largest absolute Gasteiger partial charge is 0.352 e. The van der Waals surface area contributed by atoms with Crippen molar-refractivity contribution in [2.75, 3.05) is 10.8 Å². The molecule has 0 unspecified atom stereocenters. The van der Waals surface area contributed by atoms with Gasteiger partial charge in [-0.1, -0.05) is 66.9 Å². The summed E-state index contributed by atoms with van der Waals surface area (Å²) in [5, 5.41) is 2.77. The molecule has 0 bridgehead atoms. The number of nitrogens with one attached hydrogen (secondary N) is 1. The van der Waals surface area contributed by atoms with Crippen molar-refractivity contribution >= 4 is 39.1 Å². The molecule has 1 saturated carbocycles. The predicted molar refractivity (Wildman–Crippen MR) is 154 cm³/mol. The van der Waals surface area contributed by atoms with Gasteiger partial charge < -0.3 is 10.2 Å². The summed E-state index contributed by atoms with van der Waals surface area (Å²) in [6.07, 6.45) is 3.85. The number of anilines is 1. The van der Waals surface area contributed by atoms with Crippen molar-refractivity contribution in [3.05, 3.63) is 94.8 Å². The molecule has 10 heteroatoms. The maximum absolute atomic E-state index is 14.0. The summed E-state index contributed by atoms with van der Waals surface area (Å²) in [6, 6.07) is 17.8. The Hall–Kier alpha value is -3.43. The Kier molecular flexibility index (Phi) is 9.48. The van der Waals surface area contributed by atoms with Gasteiger partial charge in [0.25, 0.3) is 10.0 Å². The number of nitrogens with zero attached hydrogens (tertiary/aromatic N) is 2. The molecule has 0 spiro atoms. The predicted octanol–water partition coefficient (Wildman–Crippen LogP) is 5.46. The van der Waals surface area contributed by atoms with Gasteiger partial charge in [-0.25, -0.2) is 12.8 Å². The standard InChI is InChI=1S/C30H33ClFN3O4S/c1-21-10-6-7-11-23(21)19-34(22(2)30(37)33-24-12-8-9-13-24)29(36)20-35(25-16-17-28(32)27(31)18-25)40(38,39)26-14-4-3-5-15-26/h3-7,10-11,14-18,22,24H,8-9,12-13,19-20H2,1-2H3,(H,33,37)/t22-/m0/s1. The van der Waals surface area contributed by atoms with Crippen LogP contribution >= 0.6 is 11.6 Å². The van der Waals surface area contributed by atoms with Crippen LogP contribution in [0.2, 0.25) is 5.02 Å². The van der Waals surface area contributed by atoms with E-state index in [1.54, 1.807) is 25.1 Å². The summed E-state index contributed by atoms with van der Waals surface area (Å²) >= 11 is 6.01. The Balaban J connectivity index is 1.70. The Morgan fingerprint density at radius 3 is 2.33 bits per heavy atom. The first-order valence-electron chi connectivity index (χ1n) is 13.2. The van der Waals surface area contributed by atoms with Crippen LogP contribution in [0.4, 0.5) is 10.1 Å². The molecule has 1 fully saturated rings. The van der Waals surface area contributed by atoms with Crippen LogP contribution in [0.3, 0.4) is 0 Å². The van der Waals surface area contributed by atoms with E-state index < -0.39 is 34.3 Å². The fourth-order valence-corrected chi connectivity index (χ4v) is 6.44. The van der Waals surface area contributed by atoms with Gasteiger partial charge in [0.05, 0.1) is 15.6 Å². The summed E-state index contributed by atoms with van der Waals surface area (Å²) in [4.78, 5) is 28.6. The number of hydrogen-bond donors (Lipinski definition) is 1. The molecule has 1 aliphatic carbocycles. The highest BCUT2D eigenvalue weighted by Crippen LogP contribution is 2.28. The van der Waals surface area contributed by atoms with Crippen LogP contribution in [0.15, 0.2) is 77.7 Å². The summed E-state index contributed by atoms with van der Waals surface area (Å²) in [7, 11) is -4.25. The monoisotopic (exact) mass is 585 g/mol. The molecule has 1 N–H and O–H groups in total. The topological polar surface area (TPSA) is 86.8 Å². The average molecular weight is 586 g/mol. The van der Waals surface area contributed by atoms with E-state index in [-0.39, 0.29) is 34.1 Å². The zero-order valence-corrected chi connectivity index (χ0v) is 24.1. The molecule has 0 aromatic heterocycles. The quantitative estimate of drug-likeness (QED) is 0.342. The number of halogens is 2. The Labute approximate surface area is 240 Å². The molecule has 0 saturated heterocycles. The van der Waals surface area contributed by atoms with Crippen molar-refractivity contribution in [2.45, 2.75) is 63.1 Å². The third-order valence-electron chi connectivity index (χ3n) is 7.27. The number of carbonyl (C=O) groups excluding carboxylic acids is 2. The van der Waals surface area contributed by atoms with Crippen LogP contribution in [0, 0.1) is 12.7 Å². The second-order valence-corrected chi connectivity index (χ2v) is 12.3. The molecule has 7 nitrogen and oxygen atoms in total. The van der Waals surface area contributed by atoms with Gasteiger partial charge in [0, 0.05) is 12.6 Å². The minimum Gasteiger partial charge on any atom is -0.352 e. The lowest BCUT2D eigenvalue weighted by Gasteiger charge is -2.33. The Morgan fingerprint density at radius 2 is 1.68 bits per heavy atom. The lowest BCUT2D eigenvalue weighted by atomic mass is 10.1. The van der Waals surface area contributed by atoms with Crippen molar-refractivity contribution in [3.63, 3.8) is 0 Å². The molecule has 0 radical (unpaired) electrons. The second kappa shape index (κ2) is 12.8. The summed E-state index contributed by atoms with van der Waals surface area (Å²) in [5.74, 6) is -1.60. The number of rotatable bonds is 10. The van der Waals surface area contributed by atoms with E-state index in [1.165, 1.54) is 29.2 Å². The summed E-state index contributed by atoms with van der Waals surface area (Å²) in [6.45, 7) is 3.04. The van der Waals surface area contributed by atoms with Crippen molar-refractivity contribution in [1.29, 1.82) is 0 Å². The van der Waals surface area contributed by atoms with Gasteiger partial charge >= 0.3 is 0 Å². The molecule has 1 aliphatic rings. The maximum atomic E-state index is 14.0. The minimum absolute atomic E-state index is 0.0301. The van der Waals surface area contributed by atoms with Crippen LogP contribution in [0.25, 0.3) is 0 Å². The maximum Gasteiger partial charge on any atom is 0.264 e. The van der Waals surface area contributed by atoms with E-state index in [0.29, 0.717) is 0 Å². The van der Waals surface area contributed by atoms with Crippen molar-refractivity contribution in [3.8, 4) is 0 Å². The molecule has 0 heterocycles. The van der Waals surface area contributed by atoms with Gasteiger partial charge in [-0.05, 0) is 68.1 Å². The minimum atomic E-state index is -4.25. The Morgan fingerprint density at radius 1 is 1.02 bits per heavy atom. The van der Waals surface area contributed by atoms with Crippen LogP contribution in [-0.2, 0) is 26.2 Å². The number of aryl methyl sites for hydroxylation is 1. The third kappa shape index (κ3) is 6.82. The highest BCUT2D eigenvalue weighted by Gasteiger charge is 2.33. The highest BCUT2D eigenvalue weighted by molar-refractivity contribution is 7.92. The van der Waals surface area contributed by atoms with Crippen molar-refractivity contribution in [2.24, 2.45) is 0 Å². The highest BCUT2D eigenvalue weighted by atomic mass is 35.5. The van der Waals surface area contributed by atoms with Crippen molar-refractivity contribution < 1.29 is 22.4 Å². The number of carbonyl (C=O) groups is 2. The van der Waals surface area contributed by atoms with E-state index in [1.807, 2.05) is 31.2 Å². The SMILES string of the molecule is Cc1ccccc1CN(C(=O)CN(c1ccc(F)c(Cl)c1)S(=O)(=O)c1ccccc1)[C@@H](C)C(=O)NC1CCCC1. The van der Waals surface area contributed by atoms with E-state index in [2.05, 4.69) is 5.32 Å². The van der Waals surface area contributed by atoms with Crippen LogP contribution in [0.1, 0.15) is 43.7 Å². The van der Waals surface area contributed by atoms with Gasteiger partial charge in [-0.15, -0.1) is 0 Å². The molecule has 3 aromatic rings. The number of benzene rings is 3. The number of amides is 2. The molecule has 40 heavy (non-hydrogen) atoms. The van der Waals surface area contributed by atoms with E-state index in [4.69, 9.17) is 11.6 Å². The summed E-state index contributed by atoms with van der Waals surface area (Å²) < 4.78 is 42.4. The normalized spacial score (nSPS) is 14.5. The summed E-state index contributed by atoms with van der Waals surface area (Å²) in [5.41, 5.74) is 1.80. The molecule has 3 aromatic carbocycles. The van der Waals surface area contributed by atoms with Crippen LogP contribution < -0.4 is 9.62 Å².